The second-order valence-electron chi connectivity index (χ2n) is 6.78. The van der Waals surface area contributed by atoms with E-state index in [4.69, 9.17) is 0 Å². The van der Waals surface area contributed by atoms with Crippen molar-refractivity contribution in [3.05, 3.63) is 12.7 Å². The van der Waals surface area contributed by atoms with E-state index in [1.165, 1.54) is 12.8 Å². The van der Waals surface area contributed by atoms with E-state index in [1.54, 1.807) is 12.7 Å². The fourth-order valence-corrected chi connectivity index (χ4v) is 3.79. The van der Waals surface area contributed by atoms with Crippen molar-refractivity contribution in [1.82, 2.24) is 25.0 Å². The minimum absolute atomic E-state index is 0.286. The summed E-state index contributed by atoms with van der Waals surface area (Å²) in [6.07, 6.45) is 8.56. The second-order valence-corrected chi connectivity index (χ2v) is 6.78. The molecule has 0 bridgehead atoms. The van der Waals surface area contributed by atoms with Gasteiger partial charge in [-0.1, -0.05) is 6.92 Å². The summed E-state index contributed by atoms with van der Waals surface area (Å²) in [6, 6.07) is 0.286. The van der Waals surface area contributed by atoms with Gasteiger partial charge in [0.15, 0.2) is 0 Å². The topological polar surface area (TPSA) is 63.1 Å². The van der Waals surface area contributed by atoms with Crippen molar-refractivity contribution in [2.24, 2.45) is 11.8 Å². The molecule has 2 unspecified atom stereocenters. The van der Waals surface area contributed by atoms with Crippen LogP contribution in [0.25, 0.3) is 0 Å². The maximum Gasteiger partial charge on any atom is 0.222 e. The Morgan fingerprint density at radius 3 is 2.91 bits per heavy atom. The van der Waals surface area contributed by atoms with Gasteiger partial charge in [0, 0.05) is 19.5 Å². The van der Waals surface area contributed by atoms with Gasteiger partial charge in [-0.3, -0.25) is 4.79 Å². The molecule has 2 aliphatic rings. The van der Waals surface area contributed by atoms with E-state index in [0.29, 0.717) is 24.2 Å². The highest BCUT2D eigenvalue weighted by atomic mass is 16.2. The Morgan fingerprint density at radius 1 is 1.36 bits per heavy atom. The number of piperidine rings is 2. The molecule has 1 aromatic rings. The molecule has 0 saturated carbocycles. The highest BCUT2D eigenvalue weighted by Crippen LogP contribution is 2.27. The highest BCUT2D eigenvalue weighted by Gasteiger charge is 2.28. The molecule has 1 aromatic heterocycles. The average molecular weight is 305 g/mol. The van der Waals surface area contributed by atoms with Gasteiger partial charge in [-0.05, 0) is 50.6 Å². The zero-order chi connectivity index (χ0) is 15.4. The smallest absolute Gasteiger partial charge is 0.222 e. The molecule has 122 valence electrons. The number of aromatic nitrogens is 3. The van der Waals surface area contributed by atoms with Gasteiger partial charge < -0.3 is 10.2 Å². The van der Waals surface area contributed by atoms with Crippen LogP contribution < -0.4 is 5.32 Å². The molecule has 0 aliphatic carbocycles. The lowest BCUT2D eigenvalue weighted by molar-refractivity contribution is -0.134. The van der Waals surface area contributed by atoms with Crippen LogP contribution in [0.5, 0.6) is 0 Å². The minimum atomic E-state index is 0.286. The first-order valence-electron chi connectivity index (χ1n) is 8.56. The van der Waals surface area contributed by atoms with E-state index in [2.05, 4.69) is 22.3 Å². The number of nitrogens with one attached hydrogen (secondary N) is 1. The van der Waals surface area contributed by atoms with Crippen LogP contribution in [0.1, 0.15) is 45.1 Å². The summed E-state index contributed by atoms with van der Waals surface area (Å²) in [4.78, 5) is 18.7. The van der Waals surface area contributed by atoms with E-state index in [0.717, 1.165) is 39.0 Å². The van der Waals surface area contributed by atoms with E-state index in [1.807, 2.05) is 9.58 Å². The summed E-state index contributed by atoms with van der Waals surface area (Å²) < 4.78 is 1.90. The quantitative estimate of drug-likeness (QED) is 0.915. The Hall–Kier alpha value is -1.43. The first kappa shape index (κ1) is 15.5. The molecule has 1 N–H and O–H groups in total. The van der Waals surface area contributed by atoms with Gasteiger partial charge in [-0.25, -0.2) is 9.67 Å². The van der Waals surface area contributed by atoms with Crippen LogP contribution in [0.15, 0.2) is 12.7 Å². The first-order valence-corrected chi connectivity index (χ1v) is 8.56. The summed E-state index contributed by atoms with van der Waals surface area (Å²) in [7, 11) is 0. The summed E-state index contributed by atoms with van der Waals surface area (Å²) in [5.41, 5.74) is 0. The Morgan fingerprint density at radius 2 is 2.18 bits per heavy atom. The van der Waals surface area contributed by atoms with Gasteiger partial charge in [0.2, 0.25) is 5.91 Å². The van der Waals surface area contributed by atoms with Crippen molar-refractivity contribution < 1.29 is 4.79 Å². The summed E-state index contributed by atoms with van der Waals surface area (Å²) in [5, 5.41) is 7.63. The fraction of sp³-hybridized carbons (Fsp3) is 0.812. The Kier molecular flexibility index (Phi) is 5.08. The number of nitrogens with zero attached hydrogens (tertiary/aromatic N) is 4. The molecular formula is C16H27N5O. The average Bonchev–Trinajstić information content (AvgIpc) is 3.10. The summed E-state index contributed by atoms with van der Waals surface area (Å²) in [5.74, 6) is 1.50. The Balaban J connectivity index is 1.52. The van der Waals surface area contributed by atoms with Gasteiger partial charge in [-0.15, -0.1) is 0 Å². The van der Waals surface area contributed by atoms with Crippen molar-refractivity contribution in [2.45, 2.75) is 45.1 Å². The van der Waals surface area contributed by atoms with Crippen molar-refractivity contribution in [1.29, 1.82) is 0 Å². The van der Waals surface area contributed by atoms with Gasteiger partial charge in [0.1, 0.15) is 12.7 Å². The molecule has 22 heavy (non-hydrogen) atoms. The zero-order valence-electron chi connectivity index (χ0n) is 13.4. The third-order valence-electron chi connectivity index (χ3n) is 5.25. The number of carbonyl (C=O) groups excluding carboxylic acids is 1. The van der Waals surface area contributed by atoms with Crippen LogP contribution >= 0.6 is 0 Å². The molecule has 3 heterocycles. The van der Waals surface area contributed by atoms with E-state index in [-0.39, 0.29) is 6.04 Å². The van der Waals surface area contributed by atoms with Gasteiger partial charge >= 0.3 is 0 Å². The van der Waals surface area contributed by atoms with E-state index >= 15 is 0 Å². The number of rotatable bonds is 4. The van der Waals surface area contributed by atoms with Crippen LogP contribution in [0.4, 0.5) is 0 Å². The van der Waals surface area contributed by atoms with Crippen LogP contribution in [0, 0.1) is 11.8 Å². The molecule has 0 spiro atoms. The molecule has 6 nitrogen and oxygen atoms in total. The molecule has 2 aliphatic heterocycles. The van der Waals surface area contributed by atoms with Crippen molar-refractivity contribution in [2.75, 3.05) is 26.2 Å². The van der Waals surface area contributed by atoms with Crippen LogP contribution in [-0.2, 0) is 4.79 Å². The molecule has 2 atom stereocenters. The standard InChI is InChI=1S/C16H27N5O/c1-13(14-4-6-17-7-5-14)9-16(22)20-8-2-3-15(10-20)21-12-18-11-19-21/h11-15,17H,2-10H2,1H3. The van der Waals surface area contributed by atoms with Crippen molar-refractivity contribution in [3.63, 3.8) is 0 Å². The number of hydrogen-bond donors (Lipinski definition) is 1. The van der Waals surface area contributed by atoms with E-state index < -0.39 is 0 Å². The molecule has 1 amide bonds. The lowest BCUT2D eigenvalue weighted by Crippen LogP contribution is -2.42. The monoisotopic (exact) mass is 305 g/mol. The van der Waals surface area contributed by atoms with E-state index in [9.17, 15) is 4.79 Å². The zero-order valence-corrected chi connectivity index (χ0v) is 13.4. The normalized spacial score (nSPS) is 25.1. The summed E-state index contributed by atoms with van der Waals surface area (Å²) >= 11 is 0. The minimum Gasteiger partial charge on any atom is -0.341 e. The van der Waals surface area contributed by atoms with Crippen LogP contribution in [-0.4, -0.2) is 51.8 Å². The largest absolute Gasteiger partial charge is 0.341 e. The number of hydrogen-bond acceptors (Lipinski definition) is 4. The first-order chi connectivity index (χ1) is 10.7. The third-order valence-corrected chi connectivity index (χ3v) is 5.25. The maximum absolute atomic E-state index is 12.6. The second kappa shape index (κ2) is 7.22. The van der Waals surface area contributed by atoms with Gasteiger partial charge in [-0.2, -0.15) is 5.10 Å². The maximum atomic E-state index is 12.6. The number of amides is 1. The van der Waals surface area contributed by atoms with Gasteiger partial charge in [0.05, 0.1) is 6.04 Å². The lowest BCUT2D eigenvalue weighted by Gasteiger charge is -2.34. The number of likely N-dealkylation sites (tertiary alicyclic amines) is 1. The number of carbonyl (C=O) groups is 1. The Labute approximate surface area is 132 Å². The summed E-state index contributed by atoms with van der Waals surface area (Å²) in [6.45, 7) is 6.11. The predicted molar refractivity (Wildman–Crippen MR) is 84.2 cm³/mol. The molecule has 6 heteroatoms. The molecule has 3 rings (SSSR count). The fourth-order valence-electron chi connectivity index (χ4n) is 3.79. The van der Waals surface area contributed by atoms with Crippen LogP contribution in [0.3, 0.4) is 0 Å². The molecule has 2 saturated heterocycles. The SMILES string of the molecule is CC(CC(=O)N1CCCC(n2cncn2)C1)C1CCNCC1. The lowest BCUT2D eigenvalue weighted by atomic mass is 9.84. The van der Waals surface area contributed by atoms with Gasteiger partial charge in [0.25, 0.3) is 0 Å². The predicted octanol–water partition coefficient (Wildman–Crippen LogP) is 1.47. The van der Waals surface area contributed by atoms with Crippen LogP contribution in [0.2, 0.25) is 0 Å². The third kappa shape index (κ3) is 3.66. The molecule has 2 fully saturated rings. The highest BCUT2D eigenvalue weighted by molar-refractivity contribution is 5.76. The van der Waals surface area contributed by atoms with Crippen molar-refractivity contribution >= 4 is 5.91 Å². The van der Waals surface area contributed by atoms with Crippen molar-refractivity contribution in [3.8, 4) is 0 Å². The molecule has 0 aromatic carbocycles. The molecular weight excluding hydrogens is 278 g/mol. The molecule has 0 radical (unpaired) electrons. The Bertz CT molecular complexity index is 469.